The molecule has 3 aliphatic rings. The number of benzene rings is 1. The molecule has 1 aromatic heterocycles. The molecule has 1 aliphatic carbocycles. The predicted octanol–water partition coefficient (Wildman–Crippen LogP) is 6.15. The van der Waals surface area contributed by atoms with E-state index >= 15 is 0 Å². The van der Waals surface area contributed by atoms with Gasteiger partial charge in [-0.05, 0) is 59.3 Å². The van der Waals surface area contributed by atoms with Gasteiger partial charge in [0.1, 0.15) is 17.6 Å². The molecule has 48 heavy (non-hydrogen) atoms. The number of hydrogen-bond acceptors (Lipinski definition) is 8. The van der Waals surface area contributed by atoms with Crippen molar-refractivity contribution in [2.45, 2.75) is 82.7 Å². The van der Waals surface area contributed by atoms with Gasteiger partial charge in [-0.3, -0.25) is 9.69 Å². The largest absolute Gasteiger partial charge is 0.492 e. The number of carbonyl (C=O) groups is 2. The average Bonchev–Trinajstić information content (AvgIpc) is 3.52. The quantitative estimate of drug-likeness (QED) is 0.227. The fourth-order valence-corrected chi connectivity index (χ4v) is 6.34. The highest BCUT2D eigenvalue weighted by atomic mass is 19.4. The molecule has 262 valence electrons. The van der Waals surface area contributed by atoms with Crippen molar-refractivity contribution in [3.63, 3.8) is 0 Å². The van der Waals surface area contributed by atoms with Crippen LogP contribution in [0.4, 0.5) is 55.6 Å². The fourth-order valence-electron chi connectivity index (χ4n) is 6.34. The van der Waals surface area contributed by atoms with E-state index < -0.39 is 55.5 Å². The molecule has 0 bridgehead atoms. The molecule has 1 saturated heterocycles. The highest BCUT2D eigenvalue weighted by Gasteiger charge is 2.48. The number of rotatable bonds is 10. The minimum Gasteiger partial charge on any atom is -0.492 e. The zero-order valence-electron chi connectivity index (χ0n) is 27.4. The summed E-state index contributed by atoms with van der Waals surface area (Å²) in [6.07, 6.45) is -2.51. The number of hydrogen-bond donors (Lipinski definition) is 2. The Balaban J connectivity index is 1.53. The second kappa shape index (κ2) is 13.7. The third-order valence-electron chi connectivity index (χ3n) is 9.18. The summed E-state index contributed by atoms with van der Waals surface area (Å²) in [4.78, 5) is 41.1. The maximum atomic E-state index is 14.1. The lowest BCUT2D eigenvalue weighted by molar-refractivity contribution is -0.172. The molecule has 16 heteroatoms. The van der Waals surface area contributed by atoms with E-state index in [4.69, 9.17) is 4.74 Å². The summed E-state index contributed by atoms with van der Waals surface area (Å²) in [5.41, 5.74) is 1.83. The molecular weight excluding hydrogens is 639 g/mol. The molecule has 0 radical (unpaired) electrons. The van der Waals surface area contributed by atoms with Crippen molar-refractivity contribution in [1.82, 2.24) is 19.8 Å². The first-order chi connectivity index (χ1) is 22.6. The standard InChI is InChI=1S/C32H41F5N8O3/c1-6-27(46)39-23-14-24(26(48-7-2)15-25(23)43-13-10-22(18-43)42(4)5)40-29-38-16-20-17-44(19(3)32(35,36)37)30(47)45(28(20)41-29)21-8-11-31(33,34)12-9-21/h6,14-16,19,21-22H,1,7-13,17-18H2,2-5H3,(H,39,46)(H,38,40,41)/t19-,22+/m0/s1. The summed E-state index contributed by atoms with van der Waals surface area (Å²) in [5.74, 6) is -2.87. The van der Waals surface area contributed by atoms with Gasteiger partial charge in [0.05, 0.1) is 30.2 Å². The molecule has 2 aromatic rings. The Bertz CT molecular complexity index is 1530. The average molecular weight is 681 g/mol. The van der Waals surface area contributed by atoms with Crippen LogP contribution in [0.2, 0.25) is 0 Å². The van der Waals surface area contributed by atoms with Crippen LogP contribution in [0, 0.1) is 0 Å². The third kappa shape index (κ3) is 7.42. The number of amides is 3. The Kier molecular flexibility index (Phi) is 10.0. The van der Waals surface area contributed by atoms with Crippen LogP contribution in [0.5, 0.6) is 5.75 Å². The normalized spacial score (nSPS) is 20.5. The minimum atomic E-state index is -4.70. The van der Waals surface area contributed by atoms with Crippen molar-refractivity contribution in [3.05, 3.63) is 36.5 Å². The van der Waals surface area contributed by atoms with E-state index in [-0.39, 0.29) is 30.2 Å². The van der Waals surface area contributed by atoms with Crippen LogP contribution >= 0.6 is 0 Å². The van der Waals surface area contributed by atoms with Crippen LogP contribution in [0.25, 0.3) is 0 Å². The smallest absolute Gasteiger partial charge is 0.408 e. The summed E-state index contributed by atoms with van der Waals surface area (Å²) in [6, 6.07) is -0.0817. The van der Waals surface area contributed by atoms with Crippen LogP contribution in [-0.2, 0) is 11.3 Å². The van der Waals surface area contributed by atoms with Gasteiger partial charge in [0.25, 0.3) is 0 Å². The molecule has 3 heterocycles. The van der Waals surface area contributed by atoms with Gasteiger partial charge in [0, 0.05) is 55.8 Å². The van der Waals surface area contributed by atoms with Crippen LogP contribution in [-0.4, -0.2) is 95.7 Å². The molecule has 2 N–H and O–H groups in total. The predicted molar refractivity (Wildman–Crippen MR) is 172 cm³/mol. The molecule has 3 amide bonds. The molecule has 0 unspecified atom stereocenters. The number of fused-ring (bicyclic) bond motifs is 1. The number of carbonyl (C=O) groups excluding carboxylic acids is 2. The van der Waals surface area contributed by atoms with E-state index in [1.807, 2.05) is 21.0 Å². The molecular formula is C32H41F5N8O3. The van der Waals surface area contributed by atoms with Crippen molar-refractivity contribution in [2.75, 3.05) is 54.2 Å². The van der Waals surface area contributed by atoms with Gasteiger partial charge in [-0.15, -0.1) is 0 Å². The maximum absolute atomic E-state index is 14.1. The summed E-state index contributed by atoms with van der Waals surface area (Å²) < 4.78 is 75.4. The van der Waals surface area contributed by atoms with Gasteiger partial charge < -0.3 is 30.1 Å². The topological polar surface area (TPSA) is 106 Å². The van der Waals surface area contributed by atoms with Crippen LogP contribution in [0.3, 0.4) is 0 Å². The first-order valence-corrected chi connectivity index (χ1v) is 15.9. The van der Waals surface area contributed by atoms with Crippen molar-refractivity contribution in [3.8, 4) is 5.75 Å². The molecule has 1 saturated carbocycles. The Morgan fingerprint density at radius 2 is 1.92 bits per heavy atom. The Morgan fingerprint density at radius 3 is 2.52 bits per heavy atom. The second-order valence-corrected chi connectivity index (χ2v) is 12.6. The van der Waals surface area contributed by atoms with Gasteiger partial charge in [0.2, 0.25) is 17.8 Å². The van der Waals surface area contributed by atoms with E-state index in [1.165, 1.54) is 6.20 Å². The van der Waals surface area contributed by atoms with Crippen LogP contribution < -0.4 is 25.2 Å². The Labute approximate surface area is 276 Å². The molecule has 2 atom stereocenters. The number of nitrogens with zero attached hydrogens (tertiary/aromatic N) is 6. The molecule has 1 aromatic carbocycles. The van der Waals surface area contributed by atoms with E-state index in [0.29, 0.717) is 34.7 Å². The van der Waals surface area contributed by atoms with Crippen molar-refractivity contribution < 1.29 is 36.3 Å². The van der Waals surface area contributed by atoms with E-state index in [1.54, 1.807) is 12.1 Å². The van der Waals surface area contributed by atoms with Gasteiger partial charge in [-0.1, -0.05) is 6.58 Å². The number of urea groups is 1. The van der Waals surface area contributed by atoms with Crippen molar-refractivity contribution in [2.24, 2.45) is 0 Å². The van der Waals surface area contributed by atoms with Gasteiger partial charge in [-0.2, -0.15) is 18.2 Å². The summed E-state index contributed by atoms with van der Waals surface area (Å²) in [6.45, 7) is 7.61. The first-order valence-electron chi connectivity index (χ1n) is 15.9. The lowest BCUT2D eigenvalue weighted by Crippen LogP contribution is -2.58. The van der Waals surface area contributed by atoms with Crippen molar-refractivity contribution >= 4 is 40.8 Å². The number of aromatic nitrogens is 2. The number of likely N-dealkylation sites (N-methyl/N-ethyl adjacent to an activating group) is 1. The van der Waals surface area contributed by atoms with Crippen LogP contribution in [0.15, 0.2) is 31.0 Å². The number of halogens is 5. The van der Waals surface area contributed by atoms with Crippen LogP contribution in [0.1, 0.15) is 51.5 Å². The molecule has 2 fully saturated rings. The SMILES string of the molecule is C=CC(=O)Nc1cc(Nc2ncc3c(n2)N(C2CCC(F)(F)CC2)C(=O)N([C@@H](C)C(F)(F)F)C3)c(OCC)cc1N1CC[C@@H](N(C)C)C1. The molecule has 11 nitrogen and oxygen atoms in total. The third-order valence-corrected chi connectivity index (χ3v) is 9.18. The summed E-state index contributed by atoms with van der Waals surface area (Å²) in [7, 11) is 4.02. The summed E-state index contributed by atoms with van der Waals surface area (Å²) in [5, 5.41) is 5.95. The molecule has 2 aliphatic heterocycles. The zero-order chi connectivity index (χ0) is 35.0. The number of nitrogens with one attached hydrogen (secondary N) is 2. The Morgan fingerprint density at radius 1 is 1.21 bits per heavy atom. The van der Waals surface area contributed by atoms with E-state index in [2.05, 4.69) is 37.0 Å². The van der Waals surface area contributed by atoms with Crippen molar-refractivity contribution in [1.29, 1.82) is 0 Å². The second-order valence-electron chi connectivity index (χ2n) is 12.6. The minimum absolute atomic E-state index is 0.00597. The van der Waals surface area contributed by atoms with E-state index in [0.717, 1.165) is 43.1 Å². The van der Waals surface area contributed by atoms with Gasteiger partial charge >= 0.3 is 12.2 Å². The lowest BCUT2D eigenvalue weighted by atomic mass is 9.90. The highest BCUT2D eigenvalue weighted by molar-refractivity contribution is 6.02. The van der Waals surface area contributed by atoms with Gasteiger partial charge in [-0.25, -0.2) is 18.6 Å². The van der Waals surface area contributed by atoms with Gasteiger partial charge in [0.15, 0.2) is 0 Å². The number of ether oxygens (including phenoxy) is 1. The highest BCUT2D eigenvalue weighted by Crippen LogP contribution is 2.43. The molecule has 0 spiro atoms. The lowest BCUT2D eigenvalue weighted by Gasteiger charge is -2.44. The van der Waals surface area contributed by atoms with E-state index in [9.17, 15) is 31.5 Å². The number of anilines is 5. The monoisotopic (exact) mass is 680 g/mol. The Hall–Kier alpha value is -4.21. The fraction of sp³-hybridized carbons (Fsp3) is 0.562. The number of alkyl halides is 5. The summed E-state index contributed by atoms with van der Waals surface area (Å²) >= 11 is 0. The molecule has 5 rings (SSSR count). The zero-order valence-corrected chi connectivity index (χ0v) is 27.4. The first kappa shape index (κ1) is 35.1. The maximum Gasteiger partial charge on any atom is 0.408 e.